The number of nitrogens with one attached hydrogen (secondary N) is 1. The van der Waals surface area contributed by atoms with E-state index in [0.29, 0.717) is 29.6 Å². The third-order valence-electron chi connectivity index (χ3n) is 4.98. The predicted octanol–water partition coefficient (Wildman–Crippen LogP) is -1.27. The molecule has 37 heavy (non-hydrogen) atoms. The molecule has 1 fully saturated rings. The third kappa shape index (κ3) is 5.68. The van der Waals surface area contributed by atoms with E-state index in [-0.39, 0.29) is 34.2 Å². The number of anilines is 1. The number of carboxylic acids is 1. The van der Waals surface area contributed by atoms with Gasteiger partial charge in [0.1, 0.15) is 23.2 Å². The number of β-lactam (4-membered cyclic amide) rings is 1. The molecule has 2 atom stereocenters. The number of thioether (sulfide) groups is 2. The average Bonchev–Trinajstić information content (AvgIpc) is 3.49. The number of amides is 2. The zero-order valence-corrected chi connectivity index (χ0v) is 22.0. The van der Waals surface area contributed by atoms with E-state index in [1.807, 2.05) is 0 Å². The minimum atomic E-state index is -1.24. The lowest BCUT2D eigenvalue weighted by Gasteiger charge is -2.49. The lowest BCUT2D eigenvalue weighted by Crippen LogP contribution is -2.71. The maximum Gasteiger partial charge on any atom is 0.352 e. The van der Waals surface area contributed by atoms with Gasteiger partial charge >= 0.3 is 5.97 Å². The van der Waals surface area contributed by atoms with Crippen molar-refractivity contribution in [3.63, 3.8) is 0 Å². The van der Waals surface area contributed by atoms with Crippen LogP contribution in [-0.2, 0) is 25.8 Å². The van der Waals surface area contributed by atoms with Crippen molar-refractivity contribution in [2.24, 2.45) is 10.9 Å². The monoisotopic (exact) mass is 569 g/mol. The number of nitrogen functional groups attached to an aromatic ring is 1. The van der Waals surface area contributed by atoms with E-state index in [4.69, 9.17) is 16.3 Å². The maximum absolute atomic E-state index is 13.0. The van der Waals surface area contributed by atoms with Crippen LogP contribution in [0.2, 0.25) is 0 Å². The van der Waals surface area contributed by atoms with Gasteiger partial charge in [-0.25, -0.2) is 9.48 Å². The summed E-state index contributed by atoms with van der Waals surface area (Å²) in [7, 11) is 0. The molecule has 6 N–H and O–H groups in total. The first-order valence-corrected chi connectivity index (χ1v) is 13.6. The zero-order chi connectivity index (χ0) is 26.7. The number of nitrogens with two attached hydrogens (primary N) is 2. The van der Waals surface area contributed by atoms with Crippen molar-refractivity contribution >= 4 is 63.7 Å². The van der Waals surface area contributed by atoms with Gasteiger partial charge in [-0.3, -0.25) is 14.5 Å². The summed E-state index contributed by atoms with van der Waals surface area (Å²) in [6.07, 6.45) is -0.326. The molecule has 198 valence electrons. The van der Waals surface area contributed by atoms with Crippen LogP contribution in [0.5, 0.6) is 0 Å². The number of carbonyl (C=O) groups excluding carboxylic acids is 2. The zero-order valence-electron chi connectivity index (χ0n) is 19.6. The van der Waals surface area contributed by atoms with Crippen LogP contribution in [0.15, 0.2) is 21.6 Å². The van der Waals surface area contributed by atoms with E-state index in [9.17, 15) is 19.5 Å². The lowest BCUT2D eigenvalue weighted by molar-refractivity contribution is -0.150. The molecule has 0 aromatic carbocycles. The van der Waals surface area contributed by atoms with Gasteiger partial charge in [0.25, 0.3) is 11.8 Å². The van der Waals surface area contributed by atoms with Gasteiger partial charge in [-0.1, -0.05) is 16.9 Å². The molecular formula is C18H23N11O5S3. The average molecular weight is 570 g/mol. The summed E-state index contributed by atoms with van der Waals surface area (Å²) < 4.78 is 5.52. The van der Waals surface area contributed by atoms with Crippen LogP contribution in [0, 0.1) is 0 Å². The molecule has 2 aliphatic rings. The fourth-order valence-electron chi connectivity index (χ4n) is 3.39. The van der Waals surface area contributed by atoms with Crippen LogP contribution in [-0.4, -0.2) is 98.6 Å². The van der Waals surface area contributed by atoms with Gasteiger partial charge in [-0.05, 0) is 29.8 Å². The van der Waals surface area contributed by atoms with E-state index in [1.54, 1.807) is 13.8 Å². The van der Waals surface area contributed by atoms with Crippen molar-refractivity contribution in [3.05, 3.63) is 17.1 Å². The van der Waals surface area contributed by atoms with Gasteiger partial charge in [0, 0.05) is 29.6 Å². The Balaban J connectivity index is 1.49. The fraction of sp³-hybridized carbons (Fsp3) is 0.500. The lowest BCUT2D eigenvalue weighted by atomic mass is 10.0. The molecule has 16 nitrogen and oxygen atoms in total. The molecule has 0 saturated carbocycles. The Labute approximate surface area is 222 Å². The topological polar surface area (TPSA) is 230 Å². The largest absolute Gasteiger partial charge is 0.477 e. The van der Waals surface area contributed by atoms with Crippen molar-refractivity contribution in [2.75, 3.05) is 23.8 Å². The molecule has 2 aliphatic heterocycles. The van der Waals surface area contributed by atoms with E-state index in [2.05, 4.69) is 35.4 Å². The predicted molar refractivity (Wildman–Crippen MR) is 134 cm³/mol. The highest BCUT2D eigenvalue weighted by Crippen LogP contribution is 2.41. The number of tetrazole rings is 1. The Morgan fingerprint density at radius 2 is 2.19 bits per heavy atom. The van der Waals surface area contributed by atoms with Crippen molar-refractivity contribution in [1.82, 2.24) is 39.8 Å². The Morgan fingerprint density at radius 3 is 2.84 bits per heavy atom. The molecule has 2 aromatic heterocycles. The van der Waals surface area contributed by atoms with Crippen molar-refractivity contribution < 1.29 is 24.3 Å². The number of carboxylic acid groups (broad SMARTS) is 1. The normalized spacial score (nSPS) is 19.6. The summed E-state index contributed by atoms with van der Waals surface area (Å²) in [4.78, 5) is 48.5. The number of nitrogens with zero attached hydrogens (tertiary/aromatic N) is 8. The molecule has 0 aliphatic carbocycles. The van der Waals surface area contributed by atoms with Crippen LogP contribution in [0.25, 0.3) is 0 Å². The summed E-state index contributed by atoms with van der Waals surface area (Å²) in [6.45, 7) is 4.21. The van der Waals surface area contributed by atoms with Gasteiger partial charge in [0.15, 0.2) is 5.13 Å². The van der Waals surface area contributed by atoms with Crippen LogP contribution >= 0.6 is 35.1 Å². The second kappa shape index (κ2) is 11.4. The van der Waals surface area contributed by atoms with E-state index in [1.165, 1.54) is 33.1 Å². The fourth-order valence-corrected chi connectivity index (χ4v) is 6.21. The second-order valence-electron chi connectivity index (χ2n) is 7.93. The quantitative estimate of drug-likeness (QED) is 0.107. The van der Waals surface area contributed by atoms with Crippen molar-refractivity contribution in [2.45, 2.75) is 43.1 Å². The highest BCUT2D eigenvalue weighted by molar-refractivity contribution is 8.01. The Bertz CT molecular complexity index is 1260. The van der Waals surface area contributed by atoms with Crippen molar-refractivity contribution in [1.29, 1.82) is 0 Å². The van der Waals surface area contributed by atoms with Crippen LogP contribution in [0.1, 0.15) is 19.7 Å². The van der Waals surface area contributed by atoms with E-state index >= 15 is 0 Å². The number of hydrogen-bond acceptors (Lipinski definition) is 15. The molecule has 2 amide bonds. The van der Waals surface area contributed by atoms with Gasteiger partial charge in [-0.2, -0.15) is 9.36 Å². The number of oxime groups is 1. The summed E-state index contributed by atoms with van der Waals surface area (Å²) in [5.74, 6) is -2.00. The molecule has 1 unspecified atom stereocenters. The summed E-state index contributed by atoms with van der Waals surface area (Å²) >= 11 is 3.46. The van der Waals surface area contributed by atoms with Crippen LogP contribution in [0.4, 0.5) is 5.13 Å². The Kier molecular flexibility index (Phi) is 8.25. The first-order chi connectivity index (χ1) is 17.7. The minimum Gasteiger partial charge on any atom is -0.477 e. The minimum absolute atomic E-state index is 0.0389. The van der Waals surface area contributed by atoms with Gasteiger partial charge in [0.05, 0.1) is 6.54 Å². The number of fused-ring (bicyclic) bond motifs is 1. The standard InChI is InChI=1S/C18H23N11O5S3/c1-7(2)34-24-9(12-22-17(20)37-25-12)13(30)21-10-14(31)29-11(16(32)33)8(5-35-15(10)29)6-36-18-23-26-27-28(18)4-3-19/h7,10,15H,3-6,19H2,1-2H3,(H,21,30)(H,32,33)(H2,20,22,25)/t10?,15-/m0/s1. The third-order valence-corrected chi connectivity index (χ3v) is 7.90. The molecule has 4 heterocycles. The molecule has 0 bridgehead atoms. The Morgan fingerprint density at radius 1 is 1.41 bits per heavy atom. The van der Waals surface area contributed by atoms with Crippen LogP contribution in [0.3, 0.4) is 0 Å². The SMILES string of the molecule is CC(C)ON=C(C(=O)NC1C(=O)N2C(C(=O)O)=C(CSc3nnnn3CCN)CS[C@@H]12)c1nsc(N)n1. The molecule has 4 rings (SSSR count). The molecule has 0 spiro atoms. The molecule has 0 radical (unpaired) electrons. The highest BCUT2D eigenvalue weighted by Gasteiger charge is 2.54. The van der Waals surface area contributed by atoms with Gasteiger partial charge in [0.2, 0.25) is 16.7 Å². The smallest absolute Gasteiger partial charge is 0.352 e. The van der Waals surface area contributed by atoms with Crippen molar-refractivity contribution in [3.8, 4) is 0 Å². The summed E-state index contributed by atoms with van der Waals surface area (Å²) in [5, 5.41) is 27.7. The number of rotatable bonds is 11. The number of aliphatic carboxylic acids is 1. The first kappa shape index (κ1) is 26.8. The van der Waals surface area contributed by atoms with E-state index < -0.39 is 29.2 Å². The van der Waals surface area contributed by atoms with E-state index in [0.717, 1.165) is 11.5 Å². The number of hydrogen-bond donors (Lipinski definition) is 4. The van der Waals surface area contributed by atoms with Gasteiger partial charge in [-0.15, -0.1) is 16.9 Å². The second-order valence-corrected chi connectivity index (χ2v) is 10.8. The molecular weight excluding hydrogens is 546 g/mol. The summed E-state index contributed by atoms with van der Waals surface area (Å²) in [6, 6.07) is -0.974. The van der Waals surface area contributed by atoms with Crippen LogP contribution < -0.4 is 16.8 Å². The highest BCUT2D eigenvalue weighted by atomic mass is 32.2. The van der Waals surface area contributed by atoms with Gasteiger partial charge < -0.3 is 26.7 Å². The molecule has 2 aromatic rings. The number of aromatic nitrogens is 6. The number of carbonyl (C=O) groups is 3. The summed E-state index contributed by atoms with van der Waals surface area (Å²) in [5.41, 5.74) is 11.4. The first-order valence-electron chi connectivity index (χ1n) is 10.8. The Hall–Kier alpha value is -3.29. The maximum atomic E-state index is 13.0. The molecule has 19 heteroatoms. The molecule has 1 saturated heterocycles.